The Balaban J connectivity index is 1.65. The molecule has 3 heterocycles. The first kappa shape index (κ1) is 25.2. The number of carbonyl (C=O) groups is 1. The number of fused-ring (bicyclic) bond motifs is 1. The van der Waals surface area contributed by atoms with Gasteiger partial charge in [0.25, 0.3) is 5.91 Å². The van der Waals surface area contributed by atoms with E-state index in [0.29, 0.717) is 11.3 Å². The standard InChI is InChI=1S/C23H21F5N6O2/c1-13(24)21(35)34-10-9-33(11-14(34)5-7-29)20-15-6-8-32(12-17(15)30-22(36)31-20)18-4-2-3-16(25)19(18)23(26,27)28/h2-4,14H,1,5-6,8-12H2,(H,30,31,36)/t14-/m0/s1. The molecule has 190 valence electrons. The zero-order valence-corrected chi connectivity index (χ0v) is 18.9. The maximum absolute atomic E-state index is 14.1. The first-order valence-corrected chi connectivity index (χ1v) is 11.0. The fraction of sp³-hybridized carbons (Fsp3) is 0.391. The molecule has 1 amide bonds. The van der Waals surface area contributed by atoms with E-state index < -0.39 is 41.0 Å². The number of aromatic nitrogens is 2. The van der Waals surface area contributed by atoms with Crippen molar-refractivity contribution in [2.75, 3.05) is 36.0 Å². The lowest BCUT2D eigenvalue weighted by Crippen LogP contribution is -2.56. The molecular formula is C23H21F5N6O2. The van der Waals surface area contributed by atoms with Crippen LogP contribution in [0.3, 0.4) is 0 Å². The van der Waals surface area contributed by atoms with Crippen molar-refractivity contribution in [1.82, 2.24) is 14.9 Å². The summed E-state index contributed by atoms with van der Waals surface area (Å²) >= 11 is 0. The average Bonchev–Trinajstić information content (AvgIpc) is 2.81. The van der Waals surface area contributed by atoms with Crippen molar-refractivity contribution in [3.8, 4) is 6.07 Å². The highest BCUT2D eigenvalue weighted by Gasteiger charge is 2.39. The number of aromatic amines is 1. The summed E-state index contributed by atoms with van der Waals surface area (Å²) in [5.41, 5.74) is -1.50. The molecule has 2 aliphatic rings. The molecule has 8 nitrogen and oxygen atoms in total. The monoisotopic (exact) mass is 508 g/mol. The maximum atomic E-state index is 14.1. The lowest BCUT2D eigenvalue weighted by molar-refractivity contribution is -0.139. The Morgan fingerprint density at radius 1 is 1.25 bits per heavy atom. The molecule has 1 atom stereocenters. The van der Waals surface area contributed by atoms with Gasteiger partial charge in [-0.1, -0.05) is 12.6 Å². The highest BCUT2D eigenvalue weighted by Crippen LogP contribution is 2.40. The third-order valence-electron chi connectivity index (χ3n) is 6.30. The van der Waals surface area contributed by atoms with Gasteiger partial charge in [-0.15, -0.1) is 0 Å². The summed E-state index contributed by atoms with van der Waals surface area (Å²) in [6.45, 7) is 3.35. The van der Waals surface area contributed by atoms with Crippen LogP contribution in [0.1, 0.15) is 23.2 Å². The number of amides is 1. The number of H-pyrrole nitrogens is 1. The SMILES string of the molecule is C=C(F)C(=O)N1CCN(c2nc(=O)[nH]c3c2CCN(c2cccc(F)c2C(F)(F)F)C3)C[C@@H]1CC#N. The second-order valence-corrected chi connectivity index (χ2v) is 8.49. The van der Waals surface area contributed by atoms with Gasteiger partial charge in [-0.05, 0) is 18.6 Å². The number of piperazine rings is 1. The minimum atomic E-state index is -4.91. The number of rotatable bonds is 4. The average molecular weight is 508 g/mol. The Morgan fingerprint density at radius 3 is 2.67 bits per heavy atom. The quantitative estimate of drug-likeness (QED) is 0.504. The van der Waals surface area contributed by atoms with Gasteiger partial charge in [-0.3, -0.25) is 4.79 Å². The van der Waals surface area contributed by atoms with Crippen molar-refractivity contribution in [1.29, 1.82) is 5.26 Å². The van der Waals surface area contributed by atoms with E-state index in [2.05, 4.69) is 16.5 Å². The van der Waals surface area contributed by atoms with E-state index in [9.17, 15) is 36.8 Å². The maximum Gasteiger partial charge on any atom is 0.421 e. The summed E-state index contributed by atoms with van der Waals surface area (Å²) in [5, 5.41) is 9.18. The highest BCUT2D eigenvalue weighted by atomic mass is 19.4. The molecule has 13 heteroatoms. The summed E-state index contributed by atoms with van der Waals surface area (Å²) in [5.74, 6) is -3.16. The van der Waals surface area contributed by atoms with Crippen LogP contribution in [0.5, 0.6) is 0 Å². The van der Waals surface area contributed by atoms with Gasteiger partial charge >= 0.3 is 11.9 Å². The van der Waals surface area contributed by atoms with Gasteiger partial charge in [-0.25, -0.2) is 13.6 Å². The molecule has 0 aliphatic carbocycles. The first-order chi connectivity index (χ1) is 17.0. The van der Waals surface area contributed by atoms with Gasteiger partial charge in [0.15, 0.2) is 5.83 Å². The molecule has 0 radical (unpaired) electrons. The fourth-order valence-electron chi connectivity index (χ4n) is 4.72. The van der Waals surface area contributed by atoms with Crippen LogP contribution in [0, 0.1) is 17.1 Å². The molecule has 4 rings (SSSR count). The van der Waals surface area contributed by atoms with Gasteiger partial charge < -0.3 is 19.7 Å². The van der Waals surface area contributed by atoms with Crippen molar-refractivity contribution in [3.63, 3.8) is 0 Å². The molecule has 1 N–H and O–H groups in total. The number of hydrogen-bond donors (Lipinski definition) is 1. The number of halogens is 5. The van der Waals surface area contributed by atoms with Gasteiger partial charge in [0.1, 0.15) is 17.2 Å². The molecule has 1 fully saturated rings. The summed E-state index contributed by atoms with van der Waals surface area (Å²) in [6.07, 6.45) is -4.80. The van der Waals surface area contributed by atoms with E-state index in [-0.39, 0.29) is 57.1 Å². The topological polar surface area (TPSA) is 96.3 Å². The number of nitrogens with one attached hydrogen (secondary N) is 1. The second-order valence-electron chi connectivity index (χ2n) is 8.49. The molecule has 36 heavy (non-hydrogen) atoms. The number of alkyl halides is 3. The number of benzene rings is 1. The highest BCUT2D eigenvalue weighted by molar-refractivity contribution is 5.91. The van der Waals surface area contributed by atoms with E-state index in [1.54, 1.807) is 4.90 Å². The first-order valence-electron chi connectivity index (χ1n) is 11.0. The normalized spacial score (nSPS) is 18.0. The van der Waals surface area contributed by atoms with Crippen molar-refractivity contribution < 1.29 is 26.7 Å². The molecule has 1 aromatic heterocycles. The summed E-state index contributed by atoms with van der Waals surface area (Å²) in [4.78, 5) is 35.4. The van der Waals surface area contributed by atoms with Crippen molar-refractivity contribution in [2.24, 2.45) is 0 Å². The third-order valence-corrected chi connectivity index (χ3v) is 6.30. The fourth-order valence-corrected chi connectivity index (χ4v) is 4.72. The number of anilines is 2. The van der Waals surface area contributed by atoms with Gasteiger partial charge in [0.2, 0.25) is 0 Å². The van der Waals surface area contributed by atoms with Crippen LogP contribution in [0.4, 0.5) is 33.5 Å². The second kappa shape index (κ2) is 9.60. The Morgan fingerprint density at radius 2 is 2.00 bits per heavy atom. The summed E-state index contributed by atoms with van der Waals surface area (Å²) in [6, 6.07) is 4.40. The van der Waals surface area contributed by atoms with E-state index >= 15 is 0 Å². The Kier molecular flexibility index (Phi) is 6.71. The van der Waals surface area contributed by atoms with E-state index in [4.69, 9.17) is 0 Å². The number of hydrogen-bond acceptors (Lipinski definition) is 6. The number of nitrogens with zero attached hydrogens (tertiary/aromatic N) is 5. The molecule has 0 unspecified atom stereocenters. The van der Waals surface area contributed by atoms with Crippen LogP contribution >= 0.6 is 0 Å². The smallest absolute Gasteiger partial charge is 0.365 e. The largest absolute Gasteiger partial charge is 0.421 e. The Bertz CT molecular complexity index is 1300. The number of carbonyl (C=O) groups excluding carboxylic acids is 1. The molecule has 2 aromatic rings. The molecule has 0 spiro atoms. The van der Waals surface area contributed by atoms with Crippen LogP contribution in [-0.2, 0) is 23.9 Å². The van der Waals surface area contributed by atoms with E-state index in [1.165, 1.54) is 21.9 Å². The van der Waals surface area contributed by atoms with Crippen molar-refractivity contribution >= 4 is 17.4 Å². The molecule has 1 saturated heterocycles. The molecule has 2 aliphatic heterocycles. The predicted octanol–water partition coefficient (Wildman–Crippen LogP) is 2.90. The summed E-state index contributed by atoms with van der Waals surface area (Å²) < 4.78 is 68.2. The van der Waals surface area contributed by atoms with Gasteiger partial charge in [0, 0.05) is 37.4 Å². The minimum absolute atomic E-state index is 0.0573. The third kappa shape index (κ3) is 4.75. The molecule has 1 aromatic carbocycles. The lowest BCUT2D eigenvalue weighted by atomic mass is 10.0. The molecular weight excluding hydrogens is 487 g/mol. The molecule has 0 saturated carbocycles. The Hall–Kier alpha value is -3.95. The predicted molar refractivity (Wildman–Crippen MR) is 119 cm³/mol. The Labute approximate surface area is 202 Å². The van der Waals surface area contributed by atoms with Crippen molar-refractivity contribution in [2.45, 2.75) is 31.6 Å². The van der Waals surface area contributed by atoms with Gasteiger partial charge in [-0.2, -0.15) is 23.4 Å². The van der Waals surface area contributed by atoms with E-state index in [1.807, 2.05) is 6.07 Å². The molecule has 0 bridgehead atoms. The van der Waals surface area contributed by atoms with Crippen LogP contribution in [0.25, 0.3) is 0 Å². The van der Waals surface area contributed by atoms with E-state index in [0.717, 1.165) is 6.07 Å². The van der Waals surface area contributed by atoms with Gasteiger partial charge in [0.05, 0.1) is 30.8 Å². The zero-order valence-electron chi connectivity index (χ0n) is 18.9. The van der Waals surface area contributed by atoms with Crippen LogP contribution < -0.4 is 15.5 Å². The van der Waals surface area contributed by atoms with Crippen LogP contribution in [0.15, 0.2) is 35.4 Å². The van der Waals surface area contributed by atoms with Crippen LogP contribution in [-0.4, -0.2) is 53.0 Å². The van der Waals surface area contributed by atoms with Crippen molar-refractivity contribution in [3.05, 3.63) is 63.7 Å². The number of nitriles is 1. The zero-order chi connectivity index (χ0) is 26.2. The minimum Gasteiger partial charge on any atom is -0.365 e. The lowest BCUT2D eigenvalue weighted by Gasteiger charge is -2.42. The van der Waals surface area contributed by atoms with Crippen LogP contribution in [0.2, 0.25) is 0 Å². The summed E-state index contributed by atoms with van der Waals surface area (Å²) in [7, 11) is 0.